The first-order valence-corrected chi connectivity index (χ1v) is 6.83. The van der Waals surface area contributed by atoms with Gasteiger partial charge >= 0.3 is 0 Å². The van der Waals surface area contributed by atoms with E-state index in [1.807, 2.05) is 0 Å². The average molecular weight is 340 g/mol. The molecule has 0 aromatic heterocycles. The molecule has 23 heavy (non-hydrogen) atoms. The van der Waals surface area contributed by atoms with E-state index in [0.717, 1.165) is 18.2 Å². The minimum atomic E-state index is -0.760. The summed E-state index contributed by atoms with van der Waals surface area (Å²) in [6, 6.07) is 7.07. The summed E-state index contributed by atoms with van der Waals surface area (Å²) >= 11 is 5.77. The first-order chi connectivity index (χ1) is 10.9. The van der Waals surface area contributed by atoms with E-state index in [0.29, 0.717) is 10.7 Å². The summed E-state index contributed by atoms with van der Waals surface area (Å²) in [6.07, 6.45) is 0. The lowest BCUT2D eigenvalue weighted by atomic mass is 10.1. The first kappa shape index (κ1) is 16.7. The number of primary amides is 1. The Balaban J connectivity index is 2.05. The molecular formula is C15H12ClF2N3O2. The summed E-state index contributed by atoms with van der Waals surface area (Å²) in [5.74, 6) is -2.78. The Morgan fingerprint density at radius 1 is 1.09 bits per heavy atom. The van der Waals surface area contributed by atoms with E-state index in [1.54, 1.807) is 0 Å². The molecule has 2 amide bonds. The molecule has 0 heterocycles. The van der Waals surface area contributed by atoms with Crippen LogP contribution in [0.4, 0.5) is 20.2 Å². The summed E-state index contributed by atoms with van der Waals surface area (Å²) in [6.45, 7) is -0.280. The summed E-state index contributed by atoms with van der Waals surface area (Å²) in [5.41, 5.74) is 5.36. The van der Waals surface area contributed by atoms with Crippen LogP contribution in [0.25, 0.3) is 0 Å². The maximum absolute atomic E-state index is 13.4. The molecule has 0 atom stereocenters. The van der Waals surface area contributed by atoms with Crippen LogP contribution in [0.5, 0.6) is 0 Å². The molecule has 4 N–H and O–H groups in total. The zero-order valence-corrected chi connectivity index (χ0v) is 12.5. The quantitative estimate of drug-likeness (QED) is 0.783. The molecule has 0 aliphatic rings. The van der Waals surface area contributed by atoms with Gasteiger partial charge in [-0.15, -0.1) is 0 Å². The Labute approximate surface area is 135 Å². The van der Waals surface area contributed by atoms with Gasteiger partial charge < -0.3 is 16.4 Å². The molecule has 0 saturated carbocycles. The van der Waals surface area contributed by atoms with Crippen molar-refractivity contribution in [1.29, 1.82) is 0 Å². The lowest BCUT2D eigenvalue weighted by Gasteiger charge is -2.11. The molecule has 0 aliphatic carbocycles. The van der Waals surface area contributed by atoms with Gasteiger partial charge in [0.05, 0.1) is 17.8 Å². The predicted molar refractivity (Wildman–Crippen MR) is 83.4 cm³/mol. The molecule has 0 saturated heterocycles. The molecule has 0 aliphatic heterocycles. The van der Waals surface area contributed by atoms with Gasteiger partial charge in [0.25, 0.3) is 5.91 Å². The molecule has 0 unspecified atom stereocenters. The smallest absolute Gasteiger partial charge is 0.250 e. The lowest BCUT2D eigenvalue weighted by molar-refractivity contribution is -0.114. The maximum Gasteiger partial charge on any atom is 0.250 e. The van der Waals surface area contributed by atoms with Gasteiger partial charge in [0.15, 0.2) is 0 Å². The molecule has 5 nitrogen and oxygen atoms in total. The van der Waals surface area contributed by atoms with Crippen molar-refractivity contribution < 1.29 is 18.4 Å². The van der Waals surface area contributed by atoms with Crippen molar-refractivity contribution in [2.45, 2.75) is 0 Å². The van der Waals surface area contributed by atoms with Crippen LogP contribution in [0, 0.1) is 11.6 Å². The van der Waals surface area contributed by atoms with E-state index >= 15 is 0 Å². The van der Waals surface area contributed by atoms with Crippen molar-refractivity contribution in [1.82, 2.24) is 0 Å². The third-order valence-corrected chi connectivity index (χ3v) is 3.12. The number of hydrogen-bond acceptors (Lipinski definition) is 3. The standard InChI is InChI=1S/C15H12ClF2N3O2/c16-8-1-4-12(10(5-8)15(19)23)20-7-14(22)21-13-6-9(17)2-3-11(13)18/h1-6,20H,7H2,(H2,19,23)(H,21,22). The van der Waals surface area contributed by atoms with Crippen LogP contribution in [0.3, 0.4) is 0 Å². The van der Waals surface area contributed by atoms with Crippen molar-refractivity contribution >= 4 is 34.8 Å². The van der Waals surface area contributed by atoms with Gasteiger partial charge in [0, 0.05) is 16.8 Å². The monoisotopic (exact) mass is 339 g/mol. The number of benzene rings is 2. The van der Waals surface area contributed by atoms with E-state index in [2.05, 4.69) is 10.6 Å². The molecule has 2 aromatic rings. The predicted octanol–water partition coefficient (Wildman–Crippen LogP) is 2.77. The third-order valence-electron chi connectivity index (χ3n) is 2.89. The van der Waals surface area contributed by atoms with Crippen molar-refractivity contribution in [3.05, 3.63) is 58.6 Å². The summed E-state index contributed by atoms with van der Waals surface area (Å²) in [7, 11) is 0. The zero-order chi connectivity index (χ0) is 17.0. The number of amides is 2. The van der Waals surface area contributed by atoms with Crippen LogP contribution in [-0.4, -0.2) is 18.4 Å². The molecule has 8 heteroatoms. The maximum atomic E-state index is 13.4. The number of halogens is 3. The van der Waals surface area contributed by atoms with Crippen LogP contribution in [-0.2, 0) is 4.79 Å². The zero-order valence-electron chi connectivity index (χ0n) is 11.7. The Bertz CT molecular complexity index is 768. The van der Waals surface area contributed by atoms with Gasteiger partial charge in [-0.3, -0.25) is 9.59 Å². The molecule has 2 aromatic carbocycles. The Morgan fingerprint density at radius 2 is 1.83 bits per heavy atom. The van der Waals surface area contributed by atoms with Crippen molar-refractivity contribution in [3.63, 3.8) is 0 Å². The third kappa shape index (κ3) is 4.40. The summed E-state index contributed by atoms with van der Waals surface area (Å²) < 4.78 is 26.5. The fraction of sp³-hybridized carbons (Fsp3) is 0.0667. The highest BCUT2D eigenvalue weighted by molar-refractivity contribution is 6.31. The van der Waals surface area contributed by atoms with Crippen LogP contribution < -0.4 is 16.4 Å². The molecule has 2 rings (SSSR count). The van der Waals surface area contributed by atoms with E-state index in [9.17, 15) is 18.4 Å². The van der Waals surface area contributed by atoms with Gasteiger partial charge in [0.2, 0.25) is 5.91 Å². The summed E-state index contributed by atoms with van der Waals surface area (Å²) in [4.78, 5) is 23.1. The average Bonchev–Trinajstić information content (AvgIpc) is 2.49. The number of nitrogens with one attached hydrogen (secondary N) is 2. The Morgan fingerprint density at radius 3 is 2.52 bits per heavy atom. The highest BCUT2D eigenvalue weighted by Gasteiger charge is 2.12. The Kier molecular flexibility index (Phi) is 5.13. The van der Waals surface area contributed by atoms with Gasteiger partial charge in [-0.1, -0.05) is 11.6 Å². The van der Waals surface area contributed by atoms with Gasteiger partial charge in [-0.05, 0) is 30.3 Å². The van der Waals surface area contributed by atoms with Gasteiger partial charge in [-0.25, -0.2) is 8.78 Å². The highest BCUT2D eigenvalue weighted by atomic mass is 35.5. The Hall–Kier alpha value is -2.67. The number of carbonyl (C=O) groups is 2. The second-order valence-electron chi connectivity index (χ2n) is 4.58. The molecule has 0 spiro atoms. The van der Waals surface area contributed by atoms with E-state index < -0.39 is 23.4 Å². The number of rotatable bonds is 5. The van der Waals surface area contributed by atoms with Crippen molar-refractivity contribution in [2.24, 2.45) is 5.73 Å². The topological polar surface area (TPSA) is 84.2 Å². The van der Waals surface area contributed by atoms with E-state index in [-0.39, 0.29) is 17.8 Å². The SMILES string of the molecule is NC(=O)c1cc(Cl)ccc1NCC(=O)Nc1cc(F)ccc1F. The van der Waals surface area contributed by atoms with Gasteiger partial charge in [-0.2, -0.15) is 0 Å². The molecular weight excluding hydrogens is 328 g/mol. The van der Waals surface area contributed by atoms with Crippen molar-refractivity contribution in [3.8, 4) is 0 Å². The van der Waals surface area contributed by atoms with Crippen molar-refractivity contribution in [2.75, 3.05) is 17.2 Å². The number of hydrogen-bond donors (Lipinski definition) is 3. The van der Waals surface area contributed by atoms with Gasteiger partial charge in [0.1, 0.15) is 11.6 Å². The molecule has 0 fully saturated rings. The fourth-order valence-corrected chi connectivity index (χ4v) is 2.01. The van der Waals surface area contributed by atoms with Crippen LogP contribution in [0.15, 0.2) is 36.4 Å². The van der Waals surface area contributed by atoms with Crippen LogP contribution in [0.2, 0.25) is 5.02 Å². The molecule has 0 bridgehead atoms. The normalized spacial score (nSPS) is 10.2. The first-order valence-electron chi connectivity index (χ1n) is 6.45. The lowest BCUT2D eigenvalue weighted by Crippen LogP contribution is -2.24. The minimum absolute atomic E-state index is 0.113. The fourth-order valence-electron chi connectivity index (χ4n) is 1.84. The number of carbonyl (C=O) groups excluding carboxylic acids is 2. The van der Waals surface area contributed by atoms with Crippen LogP contribution >= 0.6 is 11.6 Å². The second kappa shape index (κ2) is 7.06. The second-order valence-corrected chi connectivity index (χ2v) is 5.02. The highest BCUT2D eigenvalue weighted by Crippen LogP contribution is 2.20. The minimum Gasteiger partial charge on any atom is -0.375 e. The number of nitrogens with two attached hydrogens (primary N) is 1. The molecule has 120 valence electrons. The van der Waals surface area contributed by atoms with E-state index in [1.165, 1.54) is 18.2 Å². The summed E-state index contributed by atoms with van der Waals surface area (Å²) in [5, 5.41) is 5.23. The van der Waals surface area contributed by atoms with E-state index in [4.69, 9.17) is 17.3 Å². The van der Waals surface area contributed by atoms with Crippen LogP contribution in [0.1, 0.15) is 10.4 Å². The molecule has 0 radical (unpaired) electrons. The largest absolute Gasteiger partial charge is 0.375 e. The number of anilines is 2.